The highest BCUT2D eigenvalue weighted by Gasteiger charge is 2.20. The first kappa shape index (κ1) is 20.1. The molecule has 0 unspecified atom stereocenters. The summed E-state index contributed by atoms with van der Waals surface area (Å²) < 4.78 is 16.1. The van der Waals surface area contributed by atoms with Crippen molar-refractivity contribution >= 4 is 22.9 Å². The van der Waals surface area contributed by atoms with Crippen molar-refractivity contribution in [2.24, 2.45) is 0 Å². The molecule has 3 heterocycles. The Kier molecular flexibility index (Phi) is 5.40. The minimum Gasteiger partial charge on any atom is -0.484 e. The lowest BCUT2D eigenvalue weighted by atomic mass is 10.1. The molecule has 0 aliphatic carbocycles. The molecule has 0 spiro atoms. The Morgan fingerprint density at radius 1 is 1.06 bits per heavy atom. The average Bonchev–Trinajstić information content (AvgIpc) is 3.39. The summed E-state index contributed by atoms with van der Waals surface area (Å²) >= 11 is 0. The van der Waals surface area contributed by atoms with Gasteiger partial charge in [0, 0.05) is 0 Å². The Labute approximate surface area is 177 Å². The topological polar surface area (TPSA) is 119 Å². The number of aryl methyl sites for hydroxylation is 3. The van der Waals surface area contributed by atoms with Gasteiger partial charge in [0.2, 0.25) is 0 Å². The molecule has 0 aliphatic heterocycles. The molecule has 2 N–H and O–H groups in total. The van der Waals surface area contributed by atoms with E-state index in [-0.39, 0.29) is 17.9 Å². The van der Waals surface area contributed by atoms with Crippen molar-refractivity contribution in [3.63, 3.8) is 0 Å². The lowest BCUT2D eigenvalue weighted by Crippen LogP contribution is -2.43. The standard InChI is InChI=1S/C22H20N4O5/c1-12-7-13(2)9-15(8-12)30-11-19(27)24-25-21(28)16-10-17(18-5-4-6-29-18)23-22-20(16)14(3)26-31-22/h4-10H,11H2,1-3H3,(H,24,27)(H,25,28). The number of furan rings is 1. The summed E-state index contributed by atoms with van der Waals surface area (Å²) in [6.07, 6.45) is 1.50. The van der Waals surface area contributed by atoms with Crippen molar-refractivity contribution in [2.75, 3.05) is 6.61 Å². The van der Waals surface area contributed by atoms with Gasteiger partial charge in [-0.1, -0.05) is 11.2 Å². The van der Waals surface area contributed by atoms with Crippen LogP contribution in [0.2, 0.25) is 0 Å². The Bertz CT molecular complexity index is 1240. The predicted molar refractivity (Wildman–Crippen MR) is 111 cm³/mol. The van der Waals surface area contributed by atoms with Crippen LogP contribution in [0, 0.1) is 20.8 Å². The highest BCUT2D eigenvalue weighted by atomic mass is 16.5. The summed E-state index contributed by atoms with van der Waals surface area (Å²) in [7, 11) is 0. The van der Waals surface area contributed by atoms with E-state index >= 15 is 0 Å². The van der Waals surface area contributed by atoms with Gasteiger partial charge in [0.1, 0.15) is 11.4 Å². The van der Waals surface area contributed by atoms with Gasteiger partial charge in [0.25, 0.3) is 17.5 Å². The molecule has 4 rings (SSSR count). The Hall–Kier alpha value is -4.14. The summed E-state index contributed by atoms with van der Waals surface area (Å²) in [5, 5.41) is 4.33. The van der Waals surface area contributed by atoms with Crippen LogP contribution in [0.1, 0.15) is 27.2 Å². The van der Waals surface area contributed by atoms with Crippen molar-refractivity contribution in [2.45, 2.75) is 20.8 Å². The predicted octanol–water partition coefficient (Wildman–Crippen LogP) is 3.25. The van der Waals surface area contributed by atoms with Crippen molar-refractivity contribution in [3.8, 4) is 17.2 Å². The van der Waals surface area contributed by atoms with Gasteiger partial charge in [-0.25, -0.2) is 4.98 Å². The largest absolute Gasteiger partial charge is 0.484 e. The van der Waals surface area contributed by atoms with E-state index in [1.807, 2.05) is 32.0 Å². The SMILES string of the molecule is Cc1cc(C)cc(OCC(=O)NNC(=O)c2cc(-c3ccco3)nc3onc(C)c23)c1. The van der Waals surface area contributed by atoms with Gasteiger partial charge in [0.15, 0.2) is 12.4 Å². The summed E-state index contributed by atoms with van der Waals surface area (Å²) in [5.41, 5.74) is 8.15. The molecule has 0 bridgehead atoms. The van der Waals surface area contributed by atoms with Gasteiger partial charge in [-0.15, -0.1) is 0 Å². The number of hydrazine groups is 1. The fourth-order valence-electron chi connectivity index (χ4n) is 3.22. The van der Waals surface area contributed by atoms with Crippen LogP contribution in [0.3, 0.4) is 0 Å². The molecule has 9 nitrogen and oxygen atoms in total. The number of amides is 2. The van der Waals surface area contributed by atoms with Crippen LogP contribution in [0.15, 0.2) is 51.6 Å². The first-order valence-corrected chi connectivity index (χ1v) is 9.52. The van der Waals surface area contributed by atoms with Crippen molar-refractivity contribution in [1.29, 1.82) is 0 Å². The number of nitrogens with one attached hydrogen (secondary N) is 2. The monoisotopic (exact) mass is 420 g/mol. The number of benzene rings is 1. The molecule has 0 radical (unpaired) electrons. The van der Waals surface area contributed by atoms with Crippen LogP contribution in [-0.4, -0.2) is 28.6 Å². The van der Waals surface area contributed by atoms with E-state index in [0.29, 0.717) is 28.3 Å². The molecule has 2 amide bonds. The first-order valence-electron chi connectivity index (χ1n) is 9.52. The fourth-order valence-corrected chi connectivity index (χ4v) is 3.22. The second-order valence-corrected chi connectivity index (χ2v) is 7.09. The molecule has 4 aromatic rings. The molecular weight excluding hydrogens is 400 g/mol. The maximum atomic E-state index is 12.8. The second-order valence-electron chi connectivity index (χ2n) is 7.09. The van der Waals surface area contributed by atoms with Crippen molar-refractivity contribution in [3.05, 3.63) is 65.0 Å². The van der Waals surface area contributed by atoms with Crippen LogP contribution < -0.4 is 15.6 Å². The number of rotatable bonds is 5. The second kappa shape index (κ2) is 8.31. The van der Waals surface area contributed by atoms with E-state index in [0.717, 1.165) is 11.1 Å². The average molecular weight is 420 g/mol. The summed E-state index contributed by atoms with van der Waals surface area (Å²) in [5.74, 6) is -0.00810. The van der Waals surface area contributed by atoms with Crippen LogP contribution in [-0.2, 0) is 4.79 Å². The molecular formula is C22H20N4O5. The van der Waals surface area contributed by atoms with Crippen molar-refractivity contribution < 1.29 is 23.3 Å². The molecule has 0 aliphatic rings. The molecule has 3 aromatic heterocycles. The number of ether oxygens (including phenoxy) is 1. The van der Waals surface area contributed by atoms with Gasteiger partial charge in [-0.05, 0) is 62.2 Å². The van der Waals surface area contributed by atoms with E-state index in [1.165, 1.54) is 6.26 Å². The van der Waals surface area contributed by atoms with Crippen LogP contribution in [0.25, 0.3) is 22.6 Å². The number of nitrogens with zero attached hydrogens (tertiary/aromatic N) is 2. The number of fused-ring (bicyclic) bond motifs is 1. The number of hydrogen-bond donors (Lipinski definition) is 2. The normalized spacial score (nSPS) is 10.8. The van der Waals surface area contributed by atoms with Gasteiger partial charge in [0.05, 0.1) is 22.9 Å². The fraction of sp³-hybridized carbons (Fsp3) is 0.182. The molecule has 0 atom stereocenters. The van der Waals surface area contributed by atoms with Gasteiger partial charge < -0.3 is 13.7 Å². The van der Waals surface area contributed by atoms with E-state index in [1.54, 1.807) is 25.1 Å². The van der Waals surface area contributed by atoms with Gasteiger partial charge in [-0.2, -0.15) is 0 Å². The zero-order valence-corrected chi connectivity index (χ0v) is 17.2. The number of hydrogen-bond acceptors (Lipinski definition) is 7. The molecule has 0 saturated heterocycles. The van der Waals surface area contributed by atoms with Crippen LogP contribution in [0.4, 0.5) is 0 Å². The van der Waals surface area contributed by atoms with Gasteiger partial charge >= 0.3 is 0 Å². The lowest BCUT2D eigenvalue weighted by Gasteiger charge is -2.10. The molecule has 0 fully saturated rings. The van der Waals surface area contributed by atoms with Crippen LogP contribution in [0.5, 0.6) is 5.75 Å². The Morgan fingerprint density at radius 3 is 2.55 bits per heavy atom. The van der Waals surface area contributed by atoms with E-state index in [9.17, 15) is 9.59 Å². The Morgan fingerprint density at radius 2 is 1.84 bits per heavy atom. The zero-order chi connectivity index (χ0) is 22.0. The summed E-state index contributed by atoms with van der Waals surface area (Å²) in [6, 6.07) is 10.6. The number of aromatic nitrogens is 2. The lowest BCUT2D eigenvalue weighted by molar-refractivity contribution is -0.123. The van der Waals surface area contributed by atoms with E-state index in [2.05, 4.69) is 21.0 Å². The highest BCUT2D eigenvalue weighted by molar-refractivity contribution is 6.07. The minimum atomic E-state index is -0.550. The summed E-state index contributed by atoms with van der Waals surface area (Å²) in [4.78, 5) is 29.3. The third-order valence-corrected chi connectivity index (χ3v) is 4.52. The highest BCUT2D eigenvalue weighted by Crippen LogP contribution is 2.27. The van der Waals surface area contributed by atoms with E-state index in [4.69, 9.17) is 13.7 Å². The van der Waals surface area contributed by atoms with Gasteiger partial charge in [-0.3, -0.25) is 20.4 Å². The third kappa shape index (κ3) is 4.40. The molecule has 1 aromatic carbocycles. The quantitative estimate of drug-likeness (QED) is 0.476. The molecule has 31 heavy (non-hydrogen) atoms. The smallest absolute Gasteiger partial charge is 0.276 e. The number of pyridine rings is 1. The Balaban J connectivity index is 1.46. The molecule has 0 saturated carbocycles. The van der Waals surface area contributed by atoms with E-state index < -0.39 is 11.8 Å². The first-order chi connectivity index (χ1) is 14.9. The number of carbonyl (C=O) groups is 2. The van der Waals surface area contributed by atoms with Crippen LogP contribution >= 0.6 is 0 Å². The minimum absolute atomic E-state index is 0.195. The maximum Gasteiger partial charge on any atom is 0.276 e. The molecule has 158 valence electrons. The van der Waals surface area contributed by atoms with Crippen molar-refractivity contribution in [1.82, 2.24) is 21.0 Å². The number of carbonyl (C=O) groups excluding carboxylic acids is 2. The zero-order valence-electron chi connectivity index (χ0n) is 17.2. The molecule has 9 heteroatoms. The third-order valence-electron chi connectivity index (χ3n) is 4.52. The maximum absolute atomic E-state index is 12.8. The summed E-state index contributed by atoms with van der Waals surface area (Å²) in [6.45, 7) is 5.34.